The molecule has 2 aromatic rings. The molecule has 7 heteroatoms. The monoisotopic (exact) mass is 409 g/mol. The summed E-state index contributed by atoms with van der Waals surface area (Å²) in [6, 6.07) is 10.4. The molecule has 1 saturated heterocycles. The molecule has 2 aliphatic rings. The number of rotatable bonds is 9. The highest BCUT2D eigenvalue weighted by Crippen LogP contribution is 2.27. The van der Waals surface area contributed by atoms with Crippen LogP contribution in [-0.4, -0.2) is 42.1 Å². The average molecular weight is 410 g/mol. The van der Waals surface area contributed by atoms with Gasteiger partial charge in [0.2, 0.25) is 5.91 Å². The summed E-state index contributed by atoms with van der Waals surface area (Å²) >= 11 is 0. The second-order valence-corrected chi connectivity index (χ2v) is 8.30. The molecule has 1 aromatic carbocycles. The first-order chi connectivity index (χ1) is 14.7. The summed E-state index contributed by atoms with van der Waals surface area (Å²) in [5.74, 6) is 3.36. The zero-order valence-electron chi connectivity index (χ0n) is 17.6. The Bertz CT molecular complexity index is 838. The third-order valence-corrected chi connectivity index (χ3v) is 5.85. The predicted molar refractivity (Wildman–Crippen MR) is 118 cm³/mol. The topological polar surface area (TPSA) is 79.4 Å². The van der Waals surface area contributed by atoms with Crippen LogP contribution in [0.1, 0.15) is 44.1 Å². The largest absolute Gasteiger partial charge is 0.497 e. The second-order valence-electron chi connectivity index (χ2n) is 8.30. The van der Waals surface area contributed by atoms with Gasteiger partial charge in [-0.25, -0.2) is 9.97 Å². The van der Waals surface area contributed by atoms with Gasteiger partial charge in [0.05, 0.1) is 7.11 Å². The maximum Gasteiger partial charge on any atom is 0.220 e. The van der Waals surface area contributed by atoms with Gasteiger partial charge >= 0.3 is 0 Å². The number of piperidine rings is 1. The highest BCUT2D eigenvalue weighted by molar-refractivity contribution is 5.75. The molecule has 0 spiro atoms. The molecule has 1 aliphatic heterocycles. The Hall–Kier alpha value is -2.83. The molecule has 1 atom stereocenters. The lowest BCUT2D eigenvalue weighted by molar-refractivity contribution is -0.121. The van der Waals surface area contributed by atoms with E-state index in [0.29, 0.717) is 24.9 Å². The highest BCUT2D eigenvalue weighted by atomic mass is 16.5. The smallest absolute Gasteiger partial charge is 0.220 e. The van der Waals surface area contributed by atoms with Crippen LogP contribution in [0, 0.1) is 5.92 Å². The fourth-order valence-corrected chi connectivity index (χ4v) is 3.91. The number of nitrogens with one attached hydrogen (secondary N) is 2. The molecule has 7 nitrogen and oxygen atoms in total. The first-order valence-corrected chi connectivity index (χ1v) is 10.9. The molecule has 0 unspecified atom stereocenters. The van der Waals surface area contributed by atoms with Crippen molar-refractivity contribution in [1.29, 1.82) is 0 Å². The van der Waals surface area contributed by atoms with E-state index in [4.69, 9.17) is 4.74 Å². The number of ether oxygens (including phenoxy) is 1. The van der Waals surface area contributed by atoms with Gasteiger partial charge in [-0.1, -0.05) is 12.1 Å². The molecule has 2 fully saturated rings. The van der Waals surface area contributed by atoms with Crippen molar-refractivity contribution in [2.45, 2.75) is 51.1 Å². The van der Waals surface area contributed by atoms with Crippen LogP contribution in [0.5, 0.6) is 5.75 Å². The minimum atomic E-state index is 0.112. The zero-order valence-corrected chi connectivity index (χ0v) is 17.6. The second kappa shape index (κ2) is 9.78. The number of hydrogen-bond donors (Lipinski definition) is 2. The minimum Gasteiger partial charge on any atom is -0.497 e. The van der Waals surface area contributed by atoms with Gasteiger partial charge in [0.1, 0.15) is 23.7 Å². The highest BCUT2D eigenvalue weighted by Gasteiger charge is 2.24. The molecular weight excluding hydrogens is 378 g/mol. The normalized spacial score (nSPS) is 18.7. The number of carbonyl (C=O) groups excluding carboxylic acids is 1. The van der Waals surface area contributed by atoms with Crippen LogP contribution in [0.4, 0.5) is 11.6 Å². The number of aromatic nitrogens is 2. The van der Waals surface area contributed by atoms with Crippen molar-refractivity contribution in [3.63, 3.8) is 0 Å². The fourth-order valence-electron chi connectivity index (χ4n) is 3.91. The number of benzene rings is 1. The van der Waals surface area contributed by atoms with Gasteiger partial charge in [-0.3, -0.25) is 4.79 Å². The number of amides is 1. The van der Waals surface area contributed by atoms with Crippen LogP contribution in [-0.2, 0) is 11.3 Å². The van der Waals surface area contributed by atoms with E-state index in [2.05, 4.69) is 31.6 Å². The molecule has 1 saturated carbocycles. The Kier molecular flexibility index (Phi) is 6.67. The molecule has 2 N–H and O–H groups in total. The van der Waals surface area contributed by atoms with Crippen LogP contribution in [0.3, 0.4) is 0 Å². The zero-order chi connectivity index (χ0) is 20.8. The first kappa shape index (κ1) is 20.4. The van der Waals surface area contributed by atoms with Crippen LogP contribution in [0.25, 0.3) is 0 Å². The number of methoxy groups -OCH3 is 1. The Labute approximate surface area is 178 Å². The van der Waals surface area contributed by atoms with Crippen molar-refractivity contribution in [3.8, 4) is 5.75 Å². The predicted octanol–water partition coefficient (Wildman–Crippen LogP) is 3.37. The van der Waals surface area contributed by atoms with Crippen molar-refractivity contribution in [2.75, 3.05) is 30.4 Å². The van der Waals surface area contributed by atoms with Gasteiger partial charge in [0, 0.05) is 38.2 Å². The molecule has 1 aliphatic carbocycles. The SMILES string of the molecule is COc1ccc(CNC(=O)CC[C@H]2CCCN(c3cc(NC4CC4)ncn3)C2)cc1. The van der Waals surface area contributed by atoms with Crippen LogP contribution >= 0.6 is 0 Å². The molecule has 30 heavy (non-hydrogen) atoms. The average Bonchev–Trinajstić information content (AvgIpc) is 3.61. The van der Waals surface area contributed by atoms with Crippen molar-refractivity contribution >= 4 is 17.5 Å². The van der Waals surface area contributed by atoms with E-state index in [1.165, 1.54) is 19.3 Å². The van der Waals surface area contributed by atoms with E-state index in [1.54, 1.807) is 13.4 Å². The van der Waals surface area contributed by atoms with Gasteiger partial charge in [-0.15, -0.1) is 0 Å². The Morgan fingerprint density at radius 1 is 1.20 bits per heavy atom. The molecule has 0 radical (unpaired) electrons. The maximum atomic E-state index is 12.3. The molecule has 1 amide bonds. The molecular formula is C23H31N5O2. The Morgan fingerprint density at radius 2 is 2.03 bits per heavy atom. The van der Waals surface area contributed by atoms with E-state index in [1.807, 2.05) is 24.3 Å². The summed E-state index contributed by atoms with van der Waals surface area (Å²) in [5, 5.41) is 6.47. The summed E-state index contributed by atoms with van der Waals surface area (Å²) in [6.07, 6.45) is 7.87. The summed E-state index contributed by atoms with van der Waals surface area (Å²) in [7, 11) is 1.65. The minimum absolute atomic E-state index is 0.112. The van der Waals surface area contributed by atoms with E-state index in [9.17, 15) is 4.79 Å². The lowest BCUT2D eigenvalue weighted by atomic mass is 9.93. The van der Waals surface area contributed by atoms with E-state index in [0.717, 1.165) is 48.9 Å². The summed E-state index contributed by atoms with van der Waals surface area (Å²) in [6.45, 7) is 2.52. The van der Waals surface area contributed by atoms with Gasteiger partial charge in [0.25, 0.3) is 0 Å². The summed E-state index contributed by atoms with van der Waals surface area (Å²) in [4.78, 5) is 23.5. The van der Waals surface area contributed by atoms with Crippen molar-refractivity contribution < 1.29 is 9.53 Å². The molecule has 2 heterocycles. The van der Waals surface area contributed by atoms with E-state index in [-0.39, 0.29) is 5.91 Å². The number of carbonyl (C=O) groups is 1. The number of nitrogens with zero attached hydrogens (tertiary/aromatic N) is 3. The molecule has 160 valence electrons. The molecule has 4 rings (SSSR count). The lowest BCUT2D eigenvalue weighted by Gasteiger charge is -2.33. The van der Waals surface area contributed by atoms with Crippen LogP contribution in [0.2, 0.25) is 0 Å². The standard InChI is InChI=1S/C23H31N5O2/c1-30-20-9-4-17(5-10-20)14-24-23(29)11-6-18-3-2-12-28(15-18)22-13-21(25-16-26-22)27-19-7-8-19/h4-5,9-10,13,16,18-19H,2-3,6-8,11-12,14-15H2,1H3,(H,24,29)(H,25,26,27)/t18-/m1/s1. The maximum absolute atomic E-state index is 12.3. The first-order valence-electron chi connectivity index (χ1n) is 10.9. The van der Waals surface area contributed by atoms with Crippen molar-refractivity contribution in [1.82, 2.24) is 15.3 Å². The number of hydrogen-bond acceptors (Lipinski definition) is 6. The van der Waals surface area contributed by atoms with Gasteiger partial charge in [-0.2, -0.15) is 0 Å². The lowest BCUT2D eigenvalue weighted by Crippen LogP contribution is -2.36. The van der Waals surface area contributed by atoms with Gasteiger partial charge in [-0.05, 0) is 55.7 Å². The quantitative estimate of drug-likeness (QED) is 0.661. The third kappa shape index (κ3) is 5.84. The van der Waals surface area contributed by atoms with Crippen LogP contribution in [0.15, 0.2) is 36.7 Å². The third-order valence-electron chi connectivity index (χ3n) is 5.85. The summed E-state index contributed by atoms with van der Waals surface area (Å²) < 4.78 is 5.16. The van der Waals surface area contributed by atoms with Gasteiger partial charge < -0.3 is 20.3 Å². The summed E-state index contributed by atoms with van der Waals surface area (Å²) in [5.41, 5.74) is 1.08. The molecule has 1 aromatic heterocycles. The van der Waals surface area contributed by atoms with Crippen molar-refractivity contribution in [3.05, 3.63) is 42.2 Å². The van der Waals surface area contributed by atoms with Crippen LogP contribution < -0.4 is 20.3 Å². The van der Waals surface area contributed by atoms with Crippen molar-refractivity contribution in [2.24, 2.45) is 5.92 Å². The molecule has 0 bridgehead atoms. The Balaban J connectivity index is 1.22. The van der Waals surface area contributed by atoms with E-state index >= 15 is 0 Å². The van der Waals surface area contributed by atoms with E-state index < -0.39 is 0 Å². The fraction of sp³-hybridized carbons (Fsp3) is 0.522. The number of anilines is 2. The van der Waals surface area contributed by atoms with Gasteiger partial charge in [0.15, 0.2) is 0 Å². The Morgan fingerprint density at radius 3 is 2.80 bits per heavy atom.